The fraction of sp³-hybridized carbons (Fsp3) is 0. The summed E-state index contributed by atoms with van der Waals surface area (Å²) >= 11 is 0. The summed E-state index contributed by atoms with van der Waals surface area (Å²) in [6, 6.07) is 3.44. The predicted octanol–water partition coefficient (Wildman–Crippen LogP) is 0.196. The first kappa shape index (κ1) is 5.22. The molecule has 0 saturated carbocycles. The molecular formula is C6H5N3O. The van der Waals surface area contributed by atoms with Gasteiger partial charge < -0.3 is 5.21 Å². The lowest BCUT2D eigenvalue weighted by Crippen LogP contribution is -2.25. The number of aromatic amines is 1. The Balaban J connectivity index is 2.95. The van der Waals surface area contributed by atoms with Crippen LogP contribution in [-0.4, -0.2) is 9.97 Å². The largest absolute Gasteiger partial charge is 0.711 e. The standard InChI is InChI=1S/C6H5N3O/c10-9-3-1-2-5-6(9)8-4-7-5/h1-4H,(H,7,8). The van der Waals surface area contributed by atoms with Gasteiger partial charge in [0, 0.05) is 0 Å². The molecule has 0 aliphatic heterocycles. The number of nitrogens with zero attached hydrogens (tertiary/aromatic N) is 2. The number of pyridine rings is 1. The van der Waals surface area contributed by atoms with Crippen LogP contribution in [0.1, 0.15) is 0 Å². The van der Waals surface area contributed by atoms with Crippen molar-refractivity contribution in [2.45, 2.75) is 0 Å². The highest BCUT2D eigenvalue weighted by molar-refractivity contribution is 5.65. The number of rotatable bonds is 0. The molecule has 4 heteroatoms. The number of hydrogen-bond acceptors (Lipinski definition) is 2. The van der Waals surface area contributed by atoms with Gasteiger partial charge in [-0.3, -0.25) is 0 Å². The minimum atomic E-state index is 0.502. The fourth-order valence-corrected chi connectivity index (χ4v) is 0.883. The molecule has 10 heavy (non-hydrogen) atoms. The molecule has 2 heterocycles. The SMILES string of the molecule is [O-][n+]1cccc2nc[nH]c21. The van der Waals surface area contributed by atoms with E-state index < -0.39 is 0 Å². The average Bonchev–Trinajstić information content (AvgIpc) is 2.36. The highest BCUT2D eigenvalue weighted by Gasteiger charge is 2.00. The van der Waals surface area contributed by atoms with Crippen LogP contribution in [0.25, 0.3) is 11.2 Å². The first-order chi connectivity index (χ1) is 4.88. The van der Waals surface area contributed by atoms with Crippen molar-refractivity contribution in [2.75, 3.05) is 0 Å². The summed E-state index contributed by atoms with van der Waals surface area (Å²) in [5.41, 5.74) is 1.19. The van der Waals surface area contributed by atoms with Gasteiger partial charge in [0.2, 0.25) is 0 Å². The third-order valence-corrected chi connectivity index (χ3v) is 1.34. The van der Waals surface area contributed by atoms with Gasteiger partial charge in [0.15, 0.2) is 11.8 Å². The molecule has 2 aromatic heterocycles. The predicted molar refractivity (Wildman–Crippen MR) is 35.1 cm³/mol. The number of H-pyrrole nitrogens is 1. The second-order valence-corrected chi connectivity index (χ2v) is 1.97. The number of hydrogen-bond donors (Lipinski definition) is 1. The van der Waals surface area contributed by atoms with E-state index in [1.54, 1.807) is 12.1 Å². The zero-order chi connectivity index (χ0) is 6.97. The van der Waals surface area contributed by atoms with E-state index in [2.05, 4.69) is 9.97 Å². The molecule has 0 aliphatic rings. The van der Waals surface area contributed by atoms with Gasteiger partial charge in [0.1, 0.15) is 0 Å². The van der Waals surface area contributed by atoms with E-state index in [4.69, 9.17) is 0 Å². The molecule has 1 N–H and O–H groups in total. The van der Waals surface area contributed by atoms with Crippen molar-refractivity contribution >= 4 is 11.2 Å². The highest BCUT2D eigenvalue weighted by Crippen LogP contribution is 1.99. The molecule has 0 amide bonds. The van der Waals surface area contributed by atoms with Gasteiger partial charge >= 0.3 is 5.65 Å². The van der Waals surface area contributed by atoms with Gasteiger partial charge in [-0.15, -0.1) is 0 Å². The molecular weight excluding hydrogens is 130 g/mol. The number of nitrogens with one attached hydrogen (secondary N) is 1. The summed E-state index contributed by atoms with van der Waals surface area (Å²) in [5, 5.41) is 10.9. The summed E-state index contributed by atoms with van der Waals surface area (Å²) in [4.78, 5) is 6.63. The molecule has 2 aromatic rings. The van der Waals surface area contributed by atoms with Crippen LogP contribution in [0.15, 0.2) is 24.7 Å². The van der Waals surface area contributed by atoms with Crippen molar-refractivity contribution in [3.05, 3.63) is 29.9 Å². The Labute approximate surface area is 56.7 Å². The molecule has 50 valence electrons. The number of imidazole rings is 1. The van der Waals surface area contributed by atoms with E-state index in [-0.39, 0.29) is 0 Å². The van der Waals surface area contributed by atoms with Crippen LogP contribution in [0.5, 0.6) is 0 Å². The van der Waals surface area contributed by atoms with Crippen LogP contribution in [0.3, 0.4) is 0 Å². The van der Waals surface area contributed by atoms with Crippen LogP contribution in [0.2, 0.25) is 0 Å². The lowest BCUT2D eigenvalue weighted by Gasteiger charge is -1.98. The van der Waals surface area contributed by atoms with Crippen molar-refractivity contribution < 1.29 is 4.73 Å². The lowest BCUT2D eigenvalue weighted by atomic mass is 10.4. The molecule has 0 aliphatic carbocycles. The summed E-state index contributed by atoms with van der Waals surface area (Å²) in [7, 11) is 0. The maximum absolute atomic E-state index is 10.9. The zero-order valence-corrected chi connectivity index (χ0v) is 5.11. The molecule has 0 atom stereocenters. The normalized spacial score (nSPS) is 10.4. The monoisotopic (exact) mass is 135 g/mol. The summed E-state index contributed by atoms with van der Waals surface area (Å²) in [5.74, 6) is 0. The Morgan fingerprint density at radius 1 is 1.60 bits per heavy atom. The Morgan fingerprint density at radius 3 is 3.30 bits per heavy atom. The van der Waals surface area contributed by atoms with Crippen LogP contribution in [-0.2, 0) is 0 Å². The second kappa shape index (κ2) is 1.70. The molecule has 0 bridgehead atoms. The lowest BCUT2D eigenvalue weighted by molar-refractivity contribution is -0.579. The van der Waals surface area contributed by atoms with Gasteiger partial charge in [0.25, 0.3) is 0 Å². The molecule has 2 rings (SSSR count). The van der Waals surface area contributed by atoms with Crippen molar-refractivity contribution in [1.82, 2.24) is 9.97 Å². The van der Waals surface area contributed by atoms with E-state index in [1.165, 1.54) is 12.5 Å². The average molecular weight is 135 g/mol. The Morgan fingerprint density at radius 2 is 2.50 bits per heavy atom. The Kier molecular flexibility index (Phi) is 0.887. The van der Waals surface area contributed by atoms with Gasteiger partial charge in [-0.05, 0) is 12.1 Å². The molecule has 0 radical (unpaired) electrons. The summed E-state index contributed by atoms with van der Waals surface area (Å²) < 4.78 is 0.752. The van der Waals surface area contributed by atoms with Gasteiger partial charge in [-0.2, -0.15) is 0 Å². The number of aromatic nitrogens is 3. The third-order valence-electron chi connectivity index (χ3n) is 1.34. The maximum Gasteiger partial charge on any atom is 0.309 e. The van der Waals surface area contributed by atoms with Crippen molar-refractivity contribution in [1.29, 1.82) is 0 Å². The maximum atomic E-state index is 10.9. The minimum absolute atomic E-state index is 0.502. The van der Waals surface area contributed by atoms with Gasteiger partial charge in [-0.1, -0.05) is 0 Å². The molecule has 4 nitrogen and oxygen atoms in total. The number of fused-ring (bicyclic) bond motifs is 1. The van der Waals surface area contributed by atoms with E-state index >= 15 is 0 Å². The van der Waals surface area contributed by atoms with Crippen molar-refractivity contribution in [3.8, 4) is 0 Å². The van der Waals surface area contributed by atoms with E-state index in [0.29, 0.717) is 11.2 Å². The van der Waals surface area contributed by atoms with Crippen molar-refractivity contribution in [2.24, 2.45) is 0 Å². The summed E-state index contributed by atoms with van der Waals surface area (Å²) in [6.07, 6.45) is 2.93. The smallest absolute Gasteiger partial charge is 0.309 e. The summed E-state index contributed by atoms with van der Waals surface area (Å²) in [6.45, 7) is 0. The van der Waals surface area contributed by atoms with Crippen LogP contribution < -0.4 is 4.73 Å². The Bertz CT molecular complexity index is 355. The van der Waals surface area contributed by atoms with Crippen LogP contribution in [0.4, 0.5) is 0 Å². The van der Waals surface area contributed by atoms with Crippen LogP contribution >= 0.6 is 0 Å². The fourth-order valence-electron chi connectivity index (χ4n) is 0.883. The first-order valence-corrected chi connectivity index (χ1v) is 2.89. The molecule has 0 spiro atoms. The van der Waals surface area contributed by atoms with E-state index in [0.717, 1.165) is 4.73 Å². The second-order valence-electron chi connectivity index (χ2n) is 1.97. The Hall–Kier alpha value is -1.58. The first-order valence-electron chi connectivity index (χ1n) is 2.89. The van der Waals surface area contributed by atoms with E-state index in [9.17, 15) is 5.21 Å². The molecule has 0 saturated heterocycles. The van der Waals surface area contributed by atoms with Gasteiger partial charge in [-0.25, -0.2) is 14.7 Å². The molecule has 0 fully saturated rings. The molecule has 0 unspecified atom stereocenters. The third kappa shape index (κ3) is 0.556. The topological polar surface area (TPSA) is 55.6 Å². The van der Waals surface area contributed by atoms with Crippen LogP contribution in [0, 0.1) is 5.21 Å². The minimum Gasteiger partial charge on any atom is -0.711 e. The van der Waals surface area contributed by atoms with Gasteiger partial charge in [0.05, 0.1) is 6.20 Å². The zero-order valence-electron chi connectivity index (χ0n) is 5.11. The highest BCUT2D eigenvalue weighted by atomic mass is 16.5. The molecule has 0 aromatic carbocycles. The van der Waals surface area contributed by atoms with Crippen molar-refractivity contribution in [3.63, 3.8) is 0 Å². The quantitative estimate of drug-likeness (QED) is 0.414. The van der Waals surface area contributed by atoms with E-state index in [1.807, 2.05) is 0 Å².